The van der Waals surface area contributed by atoms with Gasteiger partial charge >= 0.3 is 0 Å². The molecule has 2 nitrogen and oxygen atoms in total. The fraction of sp³-hybridized carbons (Fsp3) is 1.00. The van der Waals surface area contributed by atoms with E-state index in [0.29, 0.717) is 0 Å². The summed E-state index contributed by atoms with van der Waals surface area (Å²) in [5.74, 6) is 0. The molecule has 0 radical (unpaired) electrons. The molecule has 2 heteroatoms. The smallest absolute Gasteiger partial charge is 0.155 e. The zero-order valence-corrected chi connectivity index (χ0v) is 6.18. The van der Waals surface area contributed by atoms with Crippen molar-refractivity contribution >= 4 is 0 Å². The van der Waals surface area contributed by atoms with Crippen molar-refractivity contribution in [2.45, 2.75) is 50.4 Å². The molecule has 1 saturated carbocycles. The van der Waals surface area contributed by atoms with Gasteiger partial charge in [-0.15, -0.1) is 0 Å². The molecule has 10 heavy (non-hydrogen) atoms. The van der Waals surface area contributed by atoms with Crippen LogP contribution in [0.1, 0.15) is 38.5 Å². The largest absolute Gasteiger partial charge is 0.368 e. The second-order valence-corrected chi connectivity index (χ2v) is 3.50. The average Bonchev–Trinajstić information content (AvgIpc) is 1.85. The predicted octanol–water partition coefficient (Wildman–Crippen LogP) is 1.43. The first-order chi connectivity index (χ1) is 4.81. The molecular weight excluding hydrogens is 128 g/mol. The first kappa shape index (κ1) is 6.62. The highest BCUT2D eigenvalue weighted by Gasteiger charge is 2.41. The van der Waals surface area contributed by atoms with Crippen molar-refractivity contribution in [1.29, 1.82) is 0 Å². The highest BCUT2D eigenvalue weighted by Crippen LogP contribution is 2.43. The molecule has 1 spiro atoms. The van der Waals surface area contributed by atoms with Gasteiger partial charge < -0.3 is 9.84 Å². The van der Waals surface area contributed by atoms with E-state index in [2.05, 4.69) is 0 Å². The molecule has 2 rings (SSSR count). The lowest BCUT2D eigenvalue weighted by Crippen LogP contribution is -2.45. The minimum absolute atomic E-state index is 0.123. The fourth-order valence-corrected chi connectivity index (χ4v) is 1.94. The lowest BCUT2D eigenvalue weighted by Gasteiger charge is -2.46. The number of rotatable bonds is 0. The van der Waals surface area contributed by atoms with Crippen molar-refractivity contribution in [1.82, 2.24) is 0 Å². The summed E-state index contributed by atoms with van der Waals surface area (Å²) in [6.45, 7) is 0. The van der Waals surface area contributed by atoms with E-state index in [1.165, 1.54) is 25.7 Å². The number of aliphatic hydroxyl groups excluding tert-OH is 1. The molecular formula is C8H14O2. The van der Waals surface area contributed by atoms with Gasteiger partial charge in [-0.1, -0.05) is 0 Å². The second kappa shape index (κ2) is 2.21. The molecule has 0 aromatic heterocycles. The Labute approximate surface area is 61.2 Å². The maximum absolute atomic E-state index is 9.19. The summed E-state index contributed by atoms with van der Waals surface area (Å²) < 4.78 is 5.47. The standard InChI is InChI=1S/C8H14O2/c9-7-3-1-4-8(10-7)5-2-6-8/h7,9H,1-6H2. The van der Waals surface area contributed by atoms with E-state index in [4.69, 9.17) is 4.74 Å². The third-order valence-electron chi connectivity index (χ3n) is 2.73. The SMILES string of the molecule is OC1CCCC2(CCC2)O1. The van der Waals surface area contributed by atoms with E-state index in [1.807, 2.05) is 0 Å². The summed E-state index contributed by atoms with van der Waals surface area (Å²) in [5, 5.41) is 9.19. The Hall–Kier alpha value is -0.0800. The van der Waals surface area contributed by atoms with Crippen LogP contribution in [-0.4, -0.2) is 17.0 Å². The van der Waals surface area contributed by atoms with Gasteiger partial charge in [0.1, 0.15) is 0 Å². The molecule has 0 aromatic rings. The first-order valence-corrected chi connectivity index (χ1v) is 4.17. The van der Waals surface area contributed by atoms with Gasteiger partial charge in [-0.3, -0.25) is 0 Å². The number of ether oxygens (including phenoxy) is 1. The highest BCUT2D eigenvalue weighted by molar-refractivity contribution is 4.91. The third kappa shape index (κ3) is 0.956. The Morgan fingerprint density at radius 3 is 2.30 bits per heavy atom. The van der Waals surface area contributed by atoms with E-state index in [-0.39, 0.29) is 5.60 Å². The van der Waals surface area contributed by atoms with E-state index in [9.17, 15) is 5.11 Å². The van der Waals surface area contributed by atoms with Crippen molar-refractivity contribution in [2.24, 2.45) is 0 Å². The van der Waals surface area contributed by atoms with Gasteiger partial charge in [0.15, 0.2) is 6.29 Å². The number of aliphatic hydroxyl groups is 1. The third-order valence-corrected chi connectivity index (χ3v) is 2.73. The Morgan fingerprint density at radius 2 is 1.90 bits per heavy atom. The topological polar surface area (TPSA) is 29.5 Å². The van der Waals surface area contributed by atoms with Crippen LogP contribution in [0.4, 0.5) is 0 Å². The van der Waals surface area contributed by atoms with Crippen LogP contribution in [0.2, 0.25) is 0 Å². The molecule has 1 aliphatic carbocycles. The van der Waals surface area contributed by atoms with Gasteiger partial charge in [0.05, 0.1) is 5.60 Å². The highest BCUT2D eigenvalue weighted by atomic mass is 16.6. The maximum Gasteiger partial charge on any atom is 0.155 e. The average molecular weight is 142 g/mol. The van der Waals surface area contributed by atoms with Crippen LogP contribution in [0.5, 0.6) is 0 Å². The molecule has 1 heterocycles. The van der Waals surface area contributed by atoms with Crippen molar-refractivity contribution < 1.29 is 9.84 Å². The van der Waals surface area contributed by atoms with Crippen LogP contribution in [0.3, 0.4) is 0 Å². The van der Waals surface area contributed by atoms with Crippen molar-refractivity contribution in [3.8, 4) is 0 Å². The summed E-state index contributed by atoms with van der Waals surface area (Å²) in [7, 11) is 0. The summed E-state index contributed by atoms with van der Waals surface area (Å²) >= 11 is 0. The van der Waals surface area contributed by atoms with Crippen molar-refractivity contribution in [2.75, 3.05) is 0 Å². The summed E-state index contributed by atoms with van der Waals surface area (Å²) in [4.78, 5) is 0. The number of hydrogen-bond acceptors (Lipinski definition) is 2. The van der Waals surface area contributed by atoms with Gasteiger partial charge in [0, 0.05) is 0 Å². The Balaban J connectivity index is 1.96. The Bertz CT molecular complexity index is 129. The summed E-state index contributed by atoms with van der Waals surface area (Å²) in [5.41, 5.74) is 0.123. The van der Waals surface area contributed by atoms with Crippen LogP contribution in [-0.2, 0) is 4.74 Å². The quantitative estimate of drug-likeness (QED) is 0.554. The van der Waals surface area contributed by atoms with E-state index >= 15 is 0 Å². The van der Waals surface area contributed by atoms with Gasteiger partial charge in [-0.25, -0.2) is 0 Å². The summed E-state index contributed by atoms with van der Waals surface area (Å²) in [6.07, 6.45) is 6.31. The van der Waals surface area contributed by atoms with E-state index in [0.717, 1.165) is 12.8 Å². The Kier molecular flexibility index (Phi) is 1.46. The van der Waals surface area contributed by atoms with Gasteiger partial charge in [0.2, 0.25) is 0 Å². The predicted molar refractivity (Wildman–Crippen MR) is 37.5 cm³/mol. The molecule has 0 amide bonds. The monoisotopic (exact) mass is 142 g/mol. The zero-order chi connectivity index (χ0) is 7.03. The molecule has 1 N–H and O–H groups in total. The van der Waals surface area contributed by atoms with Crippen LogP contribution < -0.4 is 0 Å². The lowest BCUT2D eigenvalue weighted by atomic mass is 9.75. The lowest BCUT2D eigenvalue weighted by molar-refractivity contribution is -0.239. The molecule has 1 unspecified atom stereocenters. The van der Waals surface area contributed by atoms with Gasteiger partial charge in [-0.2, -0.15) is 0 Å². The van der Waals surface area contributed by atoms with E-state index in [1.54, 1.807) is 0 Å². The zero-order valence-electron chi connectivity index (χ0n) is 6.18. The molecule has 1 atom stereocenters. The molecule has 58 valence electrons. The van der Waals surface area contributed by atoms with Crippen molar-refractivity contribution in [3.05, 3.63) is 0 Å². The molecule has 1 saturated heterocycles. The van der Waals surface area contributed by atoms with Crippen LogP contribution >= 0.6 is 0 Å². The Morgan fingerprint density at radius 1 is 1.20 bits per heavy atom. The molecule has 1 aliphatic heterocycles. The van der Waals surface area contributed by atoms with Gasteiger partial charge in [-0.05, 0) is 38.5 Å². The van der Waals surface area contributed by atoms with Crippen LogP contribution in [0.15, 0.2) is 0 Å². The van der Waals surface area contributed by atoms with Gasteiger partial charge in [0.25, 0.3) is 0 Å². The summed E-state index contributed by atoms with van der Waals surface area (Å²) in [6, 6.07) is 0. The number of hydrogen-bond donors (Lipinski definition) is 1. The molecule has 0 bridgehead atoms. The minimum atomic E-state index is -0.464. The van der Waals surface area contributed by atoms with Crippen molar-refractivity contribution in [3.63, 3.8) is 0 Å². The molecule has 2 fully saturated rings. The fourth-order valence-electron chi connectivity index (χ4n) is 1.94. The first-order valence-electron chi connectivity index (χ1n) is 4.17. The van der Waals surface area contributed by atoms with Crippen LogP contribution in [0, 0.1) is 0 Å². The van der Waals surface area contributed by atoms with E-state index < -0.39 is 6.29 Å². The normalized spacial score (nSPS) is 37.5. The molecule has 0 aromatic carbocycles. The second-order valence-electron chi connectivity index (χ2n) is 3.50. The maximum atomic E-state index is 9.19. The minimum Gasteiger partial charge on any atom is -0.368 e. The van der Waals surface area contributed by atoms with Crippen LogP contribution in [0.25, 0.3) is 0 Å². The molecule has 2 aliphatic rings.